The molecule has 0 radical (unpaired) electrons. The van der Waals surface area contributed by atoms with E-state index in [0.29, 0.717) is 52.0 Å². The highest BCUT2D eigenvalue weighted by molar-refractivity contribution is 7.91. The Morgan fingerprint density at radius 1 is 1.06 bits per heavy atom. The van der Waals surface area contributed by atoms with Gasteiger partial charge < -0.3 is 29.7 Å². The summed E-state index contributed by atoms with van der Waals surface area (Å²) in [6.45, 7) is 16.0. The van der Waals surface area contributed by atoms with E-state index in [-0.39, 0.29) is 31.0 Å². The fraction of sp³-hybridized carbons (Fsp3) is 0.489. The fourth-order valence-electron chi connectivity index (χ4n) is 7.97. The third kappa shape index (κ3) is 9.74. The lowest BCUT2D eigenvalue weighted by molar-refractivity contribution is -0.274. The Bertz CT molecular complexity index is 2660. The molecule has 3 N–H and O–H groups in total. The number of thiazole rings is 1. The van der Waals surface area contributed by atoms with E-state index in [1.807, 2.05) is 26.2 Å². The van der Waals surface area contributed by atoms with Gasteiger partial charge >= 0.3 is 6.36 Å². The Labute approximate surface area is 378 Å². The average Bonchev–Trinajstić information content (AvgIpc) is 3.99. The van der Waals surface area contributed by atoms with Gasteiger partial charge in [-0.05, 0) is 62.6 Å². The van der Waals surface area contributed by atoms with Crippen molar-refractivity contribution >= 4 is 55.7 Å². The largest absolute Gasteiger partial charge is 0.573 e. The van der Waals surface area contributed by atoms with Crippen molar-refractivity contribution in [2.75, 3.05) is 19.0 Å². The number of pyridine rings is 1. The molecule has 1 aliphatic heterocycles. The highest BCUT2D eigenvalue weighted by Crippen LogP contribution is 2.47. The first-order valence-corrected chi connectivity index (χ1v) is 23.4. The number of carbonyl (C=O) groups excluding carboxylic acids is 3. The SMILES string of the molecule is C=CC1CC1(NC(=O)C1CC(Oc2cc(-c3nc(C(C)C)cs3)nc3c(C)c(OC)ccc23)CN1C(=O)C(Nc1cc(F)cc(OC(F)(F)F)c1)C(C)(C)C)C(=O)NS(=O)(=O)C1(C)CC1. The molecule has 65 heavy (non-hydrogen) atoms. The van der Waals surface area contributed by atoms with Crippen molar-refractivity contribution in [2.45, 2.75) is 115 Å². The zero-order chi connectivity index (χ0) is 47.6. The molecule has 4 aromatic rings. The number of benzene rings is 2. The van der Waals surface area contributed by atoms with E-state index in [1.54, 1.807) is 46.1 Å². The Kier molecular flexibility index (Phi) is 12.5. The van der Waals surface area contributed by atoms with Crippen LogP contribution in [0.1, 0.15) is 84.4 Å². The Balaban J connectivity index is 1.26. The monoisotopic (exact) mass is 944 g/mol. The number of carbonyl (C=O) groups is 3. The van der Waals surface area contributed by atoms with Gasteiger partial charge in [-0.2, -0.15) is 0 Å². The highest BCUT2D eigenvalue weighted by Gasteiger charge is 2.63. The Morgan fingerprint density at radius 3 is 2.35 bits per heavy atom. The second-order valence-corrected chi connectivity index (χ2v) is 21.6. The van der Waals surface area contributed by atoms with Crippen LogP contribution >= 0.6 is 11.3 Å². The molecule has 0 spiro atoms. The second kappa shape index (κ2) is 17.1. The number of nitrogens with zero attached hydrogens (tertiary/aromatic N) is 3. The van der Waals surface area contributed by atoms with Crippen molar-refractivity contribution in [3.8, 4) is 28.0 Å². The molecule has 3 fully saturated rings. The van der Waals surface area contributed by atoms with Crippen LogP contribution in [-0.2, 0) is 24.4 Å². The zero-order valence-electron chi connectivity index (χ0n) is 37.2. The summed E-state index contributed by atoms with van der Waals surface area (Å²) in [7, 11) is -2.56. The van der Waals surface area contributed by atoms with Gasteiger partial charge in [0.2, 0.25) is 21.8 Å². The number of aryl methyl sites for hydroxylation is 1. The molecule has 2 aromatic heterocycles. The van der Waals surface area contributed by atoms with Crippen LogP contribution in [0.4, 0.5) is 23.2 Å². The fourth-order valence-corrected chi connectivity index (χ4v) is 10.2. The van der Waals surface area contributed by atoms with Gasteiger partial charge in [0.15, 0.2) is 0 Å². The maximum absolute atomic E-state index is 15.0. The molecule has 5 atom stereocenters. The minimum atomic E-state index is -5.13. The van der Waals surface area contributed by atoms with Gasteiger partial charge in [0.1, 0.15) is 57.5 Å². The lowest BCUT2D eigenvalue weighted by Gasteiger charge is -2.36. The summed E-state index contributed by atoms with van der Waals surface area (Å²) in [6.07, 6.45) is -3.92. The minimum absolute atomic E-state index is 0.0405. The first-order valence-electron chi connectivity index (χ1n) is 21.0. The van der Waals surface area contributed by atoms with Crippen LogP contribution in [0.25, 0.3) is 21.6 Å². The third-order valence-corrected chi connectivity index (χ3v) is 15.3. The smallest absolute Gasteiger partial charge is 0.496 e. The van der Waals surface area contributed by atoms with Crippen LogP contribution in [0, 0.1) is 24.1 Å². The van der Waals surface area contributed by atoms with Crippen molar-refractivity contribution in [1.29, 1.82) is 0 Å². The summed E-state index contributed by atoms with van der Waals surface area (Å²) < 4.78 is 98.0. The lowest BCUT2D eigenvalue weighted by Crippen LogP contribution is -2.59. The maximum atomic E-state index is 15.0. The number of hydrogen-bond acceptors (Lipinski definition) is 12. The number of ether oxygens (including phenoxy) is 3. The highest BCUT2D eigenvalue weighted by atomic mass is 32.2. The summed E-state index contributed by atoms with van der Waals surface area (Å²) >= 11 is 1.41. The Hall–Kier alpha value is -5.50. The number of alkyl halides is 3. The average molecular weight is 945 g/mol. The quantitative estimate of drug-likeness (QED) is 0.0784. The van der Waals surface area contributed by atoms with Gasteiger partial charge in [0.05, 0.1) is 29.6 Å². The van der Waals surface area contributed by atoms with E-state index < -0.39 is 85.5 Å². The molecular formula is C45H52F4N6O8S2. The topological polar surface area (TPSA) is 178 Å². The predicted octanol–water partition coefficient (Wildman–Crippen LogP) is 7.77. The van der Waals surface area contributed by atoms with Gasteiger partial charge in [-0.3, -0.25) is 19.1 Å². The van der Waals surface area contributed by atoms with Crippen LogP contribution in [0.15, 0.2) is 54.4 Å². The molecule has 2 saturated carbocycles. The molecule has 5 unspecified atom stereocenters. The zero-order valence-corrected chi connectivity index (χ0v) is 38.8. The molecule has 20 heteroatoms. The molecule has 350 valence electrons. The van der Waals surface area contributed by atoms with E-state index in [9.17, 15) is 40.4 Å². The molecule has 2 aliphatic carbocycles. The van der Waals surface area contributed by atoms with E-state index in [4.69, 9.17) is 19.4 Å². The molecule has 1 saturated heterocycles. The number of halogens is 4. The van der Waals surface area contributed by atoms with Crippen LogP contribution in [0.5, 0.6) is 17.2 Å². The maximum Gasteiger partial charge on any atom is 0.573 e. The van der Waals surface area contributed by atoms with Crippen molar-refractivity contribution < 1.29 is 54.6 Å². The number of methoxy groups -OCH3 is 1. The number of hydrogen-bond donors (Lipinski definition) is 3. The molecular weight excluding hydrogens is 893 g/mol. The van der Waals surface area contributed by atoms with E-state index >= 15 is 0 Å². The van der Waals surface area contributed by atoms with Crippen LogP contribution in [-0.4, -0.2) is 89.5 Å². The van der Waals surface area contributed by atoms with Crippen molar-refractivity contribution in [3.63, 3.8) is 0 Å². The Morgan fingerprint density at radius 2 is 1.77 bits per heavy atom. The second-order valence-electron chi connectivity index (χ2n) is 18.6. The molecule has 3 aliphatic rings. The standard InChI is InChI=1S/C45H52F4N6O8S2/c1-10-25-20-44(25,41(58)54-65(59,60)43(8)13-14-43)53-38(56)33-18-29(21-55(33)40(57)37(42(5,6)7)50-27-15-26(46)16-28(17-27)63-45(47,48)49)62-35-19-31(39-52-32(22-64-39)23(2)3)51-36-24(4)34(61-9)12-11-30(35)36/h10-12,15-17,19,22-23,25,29,33,37,50H,1,13-14,18,20-21H2,2-9H3,(H,53,56)(H,54,58). The van der Waals surface area contributed by atoms with Crippen LogP contribution in [0.3, 0.4) is 0 Å². The number of sulfonamides is 1. The summed E-state index contributed by atoms with van der Waals surface area (Å²) in [6, 6.07) is 5.04. The molecule has 2 aromatic carbocycles. The molecule has 3 heterocycles. The number of likely N-dealkylation sites (tertiary alicyclic amines) is 1. The van der Waals surface area contributed by atoms with Crippen molar-refractivity contribution in [2.24, 2.45) is 11.3 Å². The molecule has 7 rings (SSSR count). The van der Waals surface area contributed by atoms with E-state index in [0.717, 1.165) is 23.4 Å². The van der Waals surface area contributed by atoms with Crippen molar-refractivity contribution in [3.05, 3.63) is 71.5 Å². The summed E-state index contributed by atoms with van der Waals surface area (Å²) in [5, 5.41) is 8.84. The van der Waals surface area contributed by atoms with Crippen molar-refractivity contribution in [1.82, 2.24) is 24.9 Å². The molecule has 0 bridgehead atoms. The predicted molar refractivity (Wildman–Crippen MR) is 237 cm³/mol. The van der Waals surface area contributed by atoms with Gasteiger partial charge in [-0.1, -0.05) is 40.7 Å². The van der Waals surface area contributed by atoms with Crippen LogP contribution in [0.2, 0.25) is 0 Å². The van der Waals surface area contributed by atoms with Crippen LogP contribution < -0.4 is 29.6 Å². The minimum Gasteiger partial charge on any atom is -0.496 e. The first-order chi connectivity index (χ1) is 30.3. The summed E-state index contributed by atoms with van der Waals surface area (Å²) in [5.41, 5.74) is -0.245. The van der Waals surface area contributed by atoms with E-state index in [1.165, 1.54) is 29.2 Å². The third-order valence-electron chi connectivity index (χ3n) is 12.3. The number of rotatable bonds is 15. The molecule has 14 nitrogen and oxygen atoms in total. The molecule has 3 amide bonds. The summed E-state index contributed by atoms with van der Waals surface area (Å²) in [5.74, 6) is -3.90. The van der Waals surface area contributed by atoms with Gasteiger partial charge in [-0.15, -0.1) is 31.1 Å². The number of anilines is 1. The first kappa shape index (κ1) is 47.5. The number of aromatic nitrogens is 2. The van der Waals surface area contributed by atoms with E-state index in [2.05, 4.69) is 26.7 Å². The van der Waals surface area contributed by atoms with Gasteiger partial charge in [0, 0.05) is 52.6 Å². The number of nitrogens with one attached hydrogen (secondary N) is 3. The number of amides is 3. The number of fused-ring (bicyclic) bond motifs is 1. The summed E-state index contributed by atoms with van der Waals surface area (Å²) in [4.78, 5) is 54.5. The normalized spacial score (nSPS) is 22.0. The van der Waals surface area contributed by atoms with Gasteiger partial charge in [-0.25, -0.2) is 22.8 Å². The lowest BCUT2D eigenvalue weighted by atomic mass is 9.85. The van der Waals surface area contributed by atoms with Gasteiger partial charge in [0.25, 0.3) is 5.91 Å².